The van der Waals surface area contributed by atoms with Gasteiger partial charge in [0, 0.05) is 57.6 Å². The number of likely N-dealkylation sites (N-methyl/N-ethyl adjacent to an activating group) is 1. The van der Waals surface area contributed by atoms with Gasteiger partial charge < -0.3 is 45.5 Å². The third-order valence-electron chi connectivity index (χ3n) is 30.6. The molecule has 0 radical (unpaired) electrons. The molecule has 4 spiro atoms. The summed E-state index contributed by atoms with van der Waals surface area (Å²) in [7, 11) is 1.97. The topological polar surface area (TPSA) is 177 Å². The average Bonchev–Trinajstić information content (AvgIpc) is 1.61. The Bertz CT molecular complexity index is 3470. The molecule has 0 aromatic heterocycles. The predicted octanol–water partition coefficient (Wildman–Crippen LogP) is 11.1. The third-order valence-corrected chi connectivity index (χ3v) is 30.6. The summed E-state index contributed by atoms with van der Waals surface area (Å²) in [5.41, 5.74) is 0.534. The van der Waals surface area contributed by atoms with Crippen LogP contribution in [0.25, 0.3) is 0 Å². The second-order valence-electron chi connectivity index (χ2n) is 33.5. The zero-order valence-corrected chi connectivity index (χ0v) is 53.1. The van der Waals surface area contributed by atoms with Crippen LogP contribution < -0.4 is 5.32 Å². The summed E-state index contributed by atoms with van der Waals surface area (Å²) < 4.78 is 6.60. The second-order valence-corrected chi connectivity index (χ2v) is 33.5. The van der Waals surface area contributed by atoms with Crippen molar-refractivity contribution in [3.8, 4) is 11.8 Å². The van der Waals surface area contributed by atoms with Crippen molar-refractivity contribution in [2.75, 3.05) is 7.05 Å². The molecular formula is C79H99NO9. The smallest absolute Gasteiger partial charge is 0.331 e. The largest absolute Gasteiger partial charge is 0.454 e. The number of aliphatic hydroxyl groups is 6. The highest BCUT2D eigenvalue weighted by Gasteiger charge is 2.87. The Balaban J connectivity index is 0.898. The van der Waals surface area contributed by atoms with Gasteiger partial charge in [0.25, 0.3) is 0 Å². The number of fused-ring (bicyclic) bond motifs is 3. The molecule has 0 amide bonds. The fraction of sp³-hybridized carbons (Fsp3) is 0.696. The van der Waals surface area contributed by atoms with Crippen LogP contribution in [0.5, 0.6) is 0 Å². The Labute approximate surface area is 528 Å². The molecule has 17 bridgehead atoms. The molecule has 3 aromatic rings. The monoisotopic (exact) mass is 1210 g/mol. The van der Waals surface area contributed by atoms with Crippen LogP contribution in [0.15, 0.2) is 72.3 Å². The lowest BCUT2D eigenvalue weighted by Crippen LogP contribution is -2.86. The van der Waals surface area contributed by atoms with E-state index in [9.17, 15) is 25.2 Å². The highest BCUT2D eigenvalue weighted by molar-refractivity contribution is 5.86. The van der Waals surface area contributed by atoms with Crippen molar-refractivity contribution in [3.63, 3.8) is 0 Å². The highest BCUT2D eigenvalue weighted by atomic mass is 16.5. The highest BCUT2D eigenvalue weighted by Crippen LogP contribution is 2.80. The number of hydrogen-bond donors (Lipinski definition) is 7. The summed E-state index contributed by atoms with van der Waals surface area (Å²) in [6, 6.07) is 22.8. The van der Waals surface area contributed by atoms with Crippen LogP contribution >= 0.6 is 0 Å². The number of esters is 1. The van der Waals surface area contributed by atoms with E-state index < -0.39 is 86.4 Å². The van der Waals surface area contributed by atoms with Crippen molar-refractivity contribution >= 4 is 12.3 Å². The first-order valence-corrected chi connectivity index (χ1v) is 36.1. The van der Waals surface area contributed by atoms with Gasteiger partial charge in [0.2, 0.25) is 0 Å². The molecule has 7 N–H and O–H groups in total. The van der Waals surface area contributed by atoms with Crippen LogP contribution in [0.3, 0.4) is 0 Å². The average molecular weight is 1210 g/mol. The quantitative estimate of drug-likeness (QED) is 0.0739. The number of hydrogen-bond acceptors (Lipinski definition) is 10. The number of aryl methyl sites for hydroxylation is 1. The number of aldehydes is 1. The molecule has 0 saturated heterocycles. The van der Waals surface area contributed by atoms with E-state index in [2.05, 4.69) is 72.6 Å². The first kappa shape index (κ1) is 58.6. The Hall–Kier alpha value is -4.18. The molecule has 89 heavy (non-hydrogen) atoms. The van der Waals surface area contributed by atoms with E-state index in [1.54, 1.807) is 6.08 Å². The Kier molecular flexibility index (Phi) is 13.6. The van der Waals surface area contributed by atoms with Gasteiger partial charge >= 0.3 is 5.97 Å². The van der Waals surface area contributed by atoms with Crippen LogP contribution in [0.1, 0.15) is 206 Å². The number of carbonyl (C=O) groups is 2. The molecule has 10 saturated carbocycles. The van der Waals surface area contributed by atoms with E-state index in [-0.39, 0.29) is 72.8 Å². The molecule has 3 aromatic carbocycles. The molecule has 23 atom stereocenters. The minimum atomic E-state index is -2.28. The number of nitrogens with one attached hydrogen (secondary N) is 1. The van der Waals surface area contributed by atoms with Gasteiger partial charge in [-0.2, -0.15) is 0 Å². The van der Waals surface area contributed by atoms with Crippen molar-refractivity contribution < 1.29 is 45.0 Å². The summed E-state index contributed by atoms with van der Waals surface area (Å²) >= 11 is 0. The molecule has 10 heteroatoms. The molecular weight excluding hydrogens is 1110 g/mol. The number of benzene rings is 3. The van der Waals surface area contributed by atoms with Gasteiger partial charge in [-0.1, -0.05) is 105 Å². The van der Waals surface area contributed by atoms with Gasteiger partial charge in [-0.15, -0.1) is 0 Å². The summed E-state index contributed by atoms with van der Waals surface area (Å²) in [6.07, 6.45) is 21.9. The standard InChI is InChI=1S/C79H99NO9/c1-46(50-10-3-4-11-50)52-20-23-63-70(84)73-31-25-48(40-73)19-18-47-9-5-15-57(34-47)76-28-8-16-56(76)21-22-58-53(13-7-17-62(58)76)33-49-24-29-72(39-49)30-26-51-12-6-14-54(42-81)59(51)37-65(80-2)60-35-55-41-77(86)74(43-72,68(55)61-38-67(83)89-69(60)61)32-27-66-75(44-73,45-82)78(63,87)64(36-52)71(85)79(66,77)88/h5-7,9,12-15,17,34,38,45-46,48-50,52,55-56,60,63-66,68-71,80-81,84-88H,3-4,8,10-11,16,18-25,27-29,31-33,35-37,39-44H2,1-2H3. The molecule has 1 heterocycles. The van der Waals surface area contributed by atoms with Crippen molar-refractivity contribution in [1.82, 2.24) is 5.32 Å². The Morgan fingerprint density at radius 2 is 1.58 bits per heavy atom. The number of aliphatic hydroxyl groups excluding tert-OH is 3. The van der Waals surface area contributed by atoms with Crippen LogP contribution in [0.2, 0.25) is 0 Å². The van der Waals surface area contributed by atoms with Gasteiger partial charge in [0.1, 0.15) is 23.6 Å². The van der Waals surface area contributed by atoms with Gasteiger partial charge in [-0.3, -0.25) is 0 Å². The molecule has 1 aliphatic heterocycles. The van der Waals surface area contributed by atoms with Gasteiger partial charge in [0.15, 0.2) is 0 Å². The molecule has 16 aliphatic rings. The van der Waals surface area contributed by atoms with Crippen LogP contribution in [0.4, 0.5) is 0 Å². The fourth-order valence-corrected chi connectivity index (χ4v) is 27.1. The minimum Gasteiger partial charge on any atom is -0.454 e. The van der Waals surface area contributed by atoms with Crippen molar-refractivity contribution in [2.45, 2.75) is 240 Å². The van der Waals surface area contributed by atoms with Gasteiger partial charge in [-0.25, -0.2) is 4.79 Å². The van der Waals surface area contributed by atoms with Crippen LogP contribution in [0, 0.1) is 105 Å². The first-order chi connectivity index (χ1) is 43.0. The van der Waals surface area contributed by atoms with E-state index in [0.717, 1.165) is 112 Å². The first-order valence-electron chi connectivity index (χ1n) is 36.1. The van der Waals surface area contributed by atoms with E-state index in [4.69, 9.17) is 4.74 Å². The molecule has 23 unspecified atom stereocenters. The van der Waals surface area contributed by atoms with Crippen molar-refractivity contribution in [3.05, 3.63) is 117 Å². The Morgan fingerprint density at radius 1 is 0.753 bits per heavy atom. The lowest BCUT2D eigenvalue weighted by Gasteiger charge is -2.75. The molecule has 474 valence electrons. The predicted molar refractivity (Wildman–Crippen MR) is 340 cm³/mol. The van der Waals surface area contributed by atoms with Gasteiger partial charge in [0.05, 0.1) is 29.8 Å². The molecule has 19 rings (SSSR count). The molecule has 15 aliphatic carbocycles. The summed E-state index contributed by atoms with van der Waals surface area (Å²) in [4.78, 5) is 30.0. The molecule has 10 nitrogen and oxygen atoms in total. The van der Waals surface area contributed by atoms with E-state index in [1.807, 2.05) is 19.2 Å². The van der Waals surface area contributed by atoms with E-state index >= 15 is 15.0 Å². The lowest BCUT2D eigenvalue weighted by molar-refractivity contribution is -0.385. The van der Waals surface area contributed by atoms with Crippen molar-refractivity contribution in [2.24, 2.45) is 92.7 Å². The maximum absolute atomic E-state index is 15.7. The maximum Gasteiger partial charge on any atom is 0.331 e. The number of carbonyl (C=O) groups excluding carboxylic acids is 2. The number of ether oxygens (including phenoxy) is 1. The summed E-state index contributed by atoms with van der Waals surface area (Å²) in [6.45, 7) is 2.23. The summed E-state index contributed by atoms with van der Waals surface area (Å²) in [5, 5.41) is 88.6. The summed E-state index contributed by atoms with van der Waals surface area (Å²) in [5.74, 6) is 5.91. The number of rotatable bonds is 5. The van der Waals surface area contributed by atoms with E-state index in [1.165, 1.54) is 59.9 Å². The van der Waals surface area contributed by atoms with Gasteiger partial charge in [-0.05, 0) is 258 Å². The van der Waals surface area contributed by atoms with Crippen LogP contribution in [-0.4, -0.2) is 91.1 Å². The maximum atomic E-state index is 15.7. The van der Waals surface area contributed by atoms with E-state index in [0.29, 0.717) is 56.8 Å². The zero-order valence-electron chi connectivity index (χ0n) is 53.1. The SMILES string of the molecule is CNC1Cc2c(cccc2CO)C#CC23CCC(Cc4cccc5c4CCC4CCCC54c4cccc(c4)CCC4CCC5(C4)CC4(C=O)C6CCC7(C2)C2C8=CC(=O)OC8C1CC2CC7(O)C6(O)C(O)C1CC(C(C)C2CCCC2)CCC(C5O)C14O)C3. The zero-order chi connectivity index (χ0) is 60.8. The third kappa shape index (κ3) is 7.82. The fourth-order valence-electron chi connectivity index (χ4n) is 27.1. The van der Waals surface area contributed by atoms with Crippen molar-refractivity contribution in [1.29, 1.82) is 0 Å². The normalized spacial score (nSPS) is 47.6. The lowest BCUT2D eigenvalue weighted by atomic mass is 9.32. The Morgan fingerprint density at radius 3 is 2.42 bits per heavy atom. The van der Waals surface area contributed by atoms with Crippen LogP contribution in [-0.2, 0) is 52.0 Å². The minimum absolute atomic E-state index is 0.0498. The molecule has 10 fully saturated rings. The second kappa shape index (κ2) is 20.7.